The number of methoxy groups -OCH3 is 1. The Kier molecular flexibility index (Phi) is 7.43. The summed E-state index contributed by atoms with van der Waals surface area (Å²) in [5.41, 5.74) is 5.13. The molecule has 1 saturated heterocycles. The van der Waals surface area contributed by atoms with Gasteiger partial charge in [0.1, 0.15) is 19.0 Å². The highest BCUT2D eigenvalue weighted by Gasteiger charge is 2.76. The number of carbonyl (C=O) groups is 2. The minimum Gasteiger partial charge on any atom is -0.496 e. The average Bonchev–Trinajstić information content (AvgIpc) is 3.52. The first-order valence-electron chi connectivity index (χ1n) is 15.9. The van der Waals surface area contributed by atoms with Crippen molar-refractivity contribution in [1.82, 2.24) is 0 Å². The summed E-state index contributed by atoms with van der Waals surface area (Å²) >= 11 is 0. The van der Waals surface area contributed by atoms with Crippen LogP contribution in [0.15, 0.2) is 60.2 Å². The summed E-state index contributed by atoms with van der Waals surface area (Å²) in [4.78, 5) is 26.1. The van der Waals surface area contributed by atoms with Crippen molar-refractivity contribution < 1.29 is 43.1 Å². The van der Waals surface area contributed by atoms with Gasteiger partial charge in [0.05, 0.1) is 24.9 Å². The van der Waals surface area contributed by atoms with Gasteiger partial charge in [-0.3, -0.25) is 9.59 Å². The van der Waals surface area contributed by atoms with Gasteiger partial charge in [0.15, 0.2) is 35.0 Å². The van der Waals surface area contributed by atoms with Gasteiger partial charge >= 0.3 is 0 Å². The highest BCUT2D eigenvalue weighted by Crippen LogP contribution is 2.70. The zero-order valence-electron chi connectivity index (χ0n) is 26.2. The quantitative estimate of drug-likeness (QED) is 0.374. The van der Waals surface area contributed by atoms with Crippen molar-refractivity contribution in [3.63, 3.8) is 0 Å². The van der Waals surface area contributed by atoms with E-state index >= 15 is 4.39 Å². The van der Waals surface area contributed by atoms with E-state index in [1.807, 2.05) is 19.1 Å². The summed E-state index contributed by atoms with van der Waals surface area (Å²) in [5.74, 6) is -1.50. The minimum absolute atomic E-state index is 0.00314. The zero-order valence-corrected chi connectivity index (χ0v) is 26.2. The smallest absolute Gasteiger partial charge is 0.193 e. The second kappa shape index (κ2) is 11.0. The second-order valence-corrected chi connectivity index (χ2v) is 13.9. The van der Waals surface area contributed by atoms with Crippen LogP contribution >= 0.6 is 0 Å². The Bertz CT molecular complexity index is 1660. The molecule has 0 bridgehead atoms. The molecule has 10 heteroatoms. The molecule has 9 atom stereocenters. The molecule has 4 fully saturated rings. The fourth-order valence-electron chi connectivity index (χ4n) is 9.72. The summed E-state index contributed by atoms with van der Waals surface area (Å²) in [5, 5.41) is 22.2. The van der Waals surface area contributed by atoms with Crippen LogP contribution < -0.4 is 15.2 Å². The summed E-state index contributed by atoms with van der Waals surface area (Å²) in [7, 11) is 1.41. The topological polar surface area (TPSA) is 138 Å². The number of anilines is 1. The van der Waals surface area contributed by atoms with Gasteiger partial charge < -0.3 is 34.9 Å². The fourth-order valence-corrected chi connectivity index (χ4v) is 9.72. The first kappa shape index (κ1) is 31.1. The molecule has 1 heterocycles. The number of fused-ring (bicyclic) bond motifs is 7. The second-order valence-electron chi connectivity index (χ2n) is 13.9. The number of halogens is 1. The van der Waals surface area contributed by atoms with Gasteiger partial charge in [0, 0.05) is 22.4 Å². The maximum Gasteiger partial charge on any atom is 0.193 e. The van der Waals surface area contributed by atoms with E-state index in [1.54, 1.807) is 36.4 Å². The molecule has 9 nitrogen and oxygen atoms in total. The number of ketones is 2. The number of rotatable bonds is 7. The number of allylic oxidation sites excluding steroid dienone is 4. The maximum atomic E-state index is 16.3. The predicted octanol–water partition coefficient (Wildman–Crippen LogP) is 4.60. The Morgan fingerprint density at radius 2 is 1.98 bits per heavy atom. The van der Waals surface area contributed by atoms with Gasteiger partial charge in [-0.2, -0.15) is 0 Å². The van der Waals surface area contributed by atoms with Crippen molar-refractivity contribution in [2.45, 2.75) is 70.2 Å². The van der Waals surface area contributed by atoms with Crippen LogP contribution in [0.1, 0.15) is 56.9 Å². The van der Waals surface area contributed by atoms with E-state index in [9.17, 15) is 19.8 Å². The number of carbonyl (C=O) groups excluding carboxylic acids is 2. The van der Waals surface area contributed by atoms with E-state index < -0.39 is 53.1 Å². The molecule has 0 amide bonds. The zero-order chi connectivity index (χ0) is 32.6. The Morgan fingerprint density at radius 3 is 2.72 bits per heavy atom. The summed E-state index contributed by atoms with van der Waals surface area (Å²) in [6, 6.07) is 10.1. The average molecular weight is 634 g/mol. The van der Waals surface area contributed by atoms with E-state index in [1.165, 1.54) is 13.2 Å². The monoisotopic (exact) mass is 633 g/mol. The molecule has 3 saturated carbocycles. The molecule has 244 valence electrons. The van der Waals surface area contributed by atoms with Gasteiger partial charge in [-0.05, 0) is 79.5 Å². The molecule has 0 spiro atoms. The highest BCUT2D eigenvalue weighted by molar-refractivity contribution is 6.01. The lowest BCUT2D eigenvalue weighted by atomic mass is 9.46. The van der Waals surface area contributed by atoms with Crippen molar-refractivity contribution in [2.24, 2.45) is 28.6 Å². The Labute approximate surface area is 267 Å². The number of aliphatic hydroxyl groups is 2. The molecule has 46 heavy (non-hydrogen) atoms. The Morgan fingerprint density at radius 1 is 1.20 bits per heavy atom. The van der Waals surface area contributed by atoms with Gasteiger partial charge in [-0.1, -0.05) is 37.6 Å². The molecule has 4 aliphatic carbocycles. The first-order chi connectivity index (χ1) is 22.0. The standard InChI is InChI=1S/C36H40FNO8/c1-34-12-11-22(40)14-20(34)7-8-23-24-15-29-36(28(42)17-39,35(24,2)16-25(41)31(23)34)46-33(45-29)30-26(43-3)9-10-27(32(30)37)44-18-19-5-4-6-21(38)13-19/h4-6,9-14,23-25,29,31,33,39,41H,7-8,15-18,38H2,1-3H3/t23-,24-,25-,29+,31+,33+,34-,35-,36+/m0/s1. The van der Waals surface area contributed by atoms with Gasteiger partial charge in [0.2, 0.25) is 0 Å². The summed E-state index contributed by atoms with van der Waals surface area (Å²) in [6.07, 6.45) is 4.34. The maximum absolute atomic E-state index is 16.3. The molecule has 0 unspecified atom stereocenters. The molecular weight excluding hydrogens is 593 g/mol. The van der Waals surface area contributed by atoms with E-state index in [-0.39, 0.29) is 53.6 Å². The van der Waals surface area contributed by atoms with Crippen LogP contribution in [-0.4, -0.2) is 53.3 Å². The SMILES string of the molecule is COc1ccc(OCc2cccc(N)c2)c(F)c1[C@@H]1O[C@@H]2C[C@H]3[C@@H]4CCC5=CC(=O)C=C[C@]5(C)[C@H]4[C@@H](O)C[C@]3(C)[C@]2(C(=O)CO)O1. The third-order valence-corrected chi connectivity index (χ3v) is 11.7. The minimum atomic E-state index is -1.63. The molecule has 0 aromatic heterocycles. The molecule has 0 radical (unpaired) electrons. The van der Waals surface area contributed by atoms with Crippen molar-refractivity contribution >= 4 is 17.3 Å². The fraction of sp³-hybridized carbons (Fsp3) is 0.500. The van der Waals surface area contributed by atoms with Crippen LogP contribution in [0.5, 0.6) is 11.5 Å². The van der Waals surface area contributed by atoms with Crippen molar-refractivity contribution in [2.75, 3.05) is 19.5 Å². The van der Waals surface area contributed by atoms with Crippen LogP contribution in [0.25, 0.3) is 0 Å². The number of benzene rings is 2. The molecular formula is C36H40FNO8. The normalized spacial score (nSPS) is 37.5. The lowest BCUT2D eigenvalue weighted by Gasteiger charge is -2.59. The largest absolute Gasteiger partial charge is 0.496 e. The number of nitrogens with two attached hydrogens (primary N) is 1. The molecule has 7 rings (SSSR count). The summed E-state index contributed by atoms with van der Waals surface area (Å²) in [6.45, 7) is 3.28. The highest BCUT2D eigenvalue weighted by atomic mass is 19.1. The molecule has 1 aliphatic heterocycles. The Hall–Kier alpha value is -3.57. The van der Waals surface area contributed by atoms with Gasteiger partial charge in [0.25, 0.3) is 0 Å². The lowest BCUT2D eigenvalue weighted by Crippen LogP contribution is -2.63. The number of aliphatic hydroxyl groups excluding tert-OH is 2. The summed E-state index contributed by atoms with van der Waals surface area (Å²) < 4.78 is 40.7. The van der Waals surface area contributed by atoms with E-state index in [0.717, 1.165) is 17.6 Å². The lowest BCUT2D eigenvalue weighted by molar-refractivity contribution is -0.201. The van der Waals surface area contributed by atoms with Gasteiger partial charge in [-0.15, -0.1) is 0 Å². The third kappa shape index (κ3) is 4.33. The number of ether oxygens (including phenoxy) is 4. The Balaban J connectivity index is 1.23. The number of nitrogen functional groups attached to an aromatic ring is 1. The predicted molar refractivity (Wildman–Crippen MR) is 165 cm³/mol. The van der Waals surface area contributed by atoms with E-state index in [4.69, 9.17) is 24.7 Å². The van der Waals surface area contributed by atoms with Crippen LogP contribution in [0.2, 0.25) is 0 Å². The molecule has 2 aromatic rings. The van der Waals surface area contributed by atoms with Crippen LogP contribution in [0.3, 0.4) is 0 Å². The van der Waals surface area contributed by atoms with Crippen molar-refractivity contribution in [3.05, 3.63) is 77.1 Å². The van der Waals surface area contributed by atoms with E-state index in [0.29, 0.717) is 18.5 Å². The number of hydrogen-bond acceptors (Lipinski definition) is 9. The molecule has 5 aliphatic rings. The molecule has 4 N–H and O–H groups in total. The number of Topliss-reactive ketones (excluding diaryl/α,β-unsaturated/α-hetero) is 1. The number of hydrogen-bond donors (Lipinski definition) is 3. The van der Waals surface area contributed by atoms with Crippen LogP contribution in [-0.2, 0) is 25.7 Å². The third-order valence-electron chi connectivity index (χ3n) is 11.7. The van der Waals surface area contributed by atoms with Crippen molar-refractivity contribution in [3.8, 4) is 11.5 Å². The van der Waals surface area contributed by atoms with Crippen LogP contribution in [0.4, 0.5) is 10.1 Å². The first-order valence-corrected chi connectivity index (χ1v) is 15.9. The molecule has 2 aromatic carbocycles. The van der Waals surface area contributed by atoms with E-state index in [2.05, 4.69) is 6.92 Å². The van der Waals surface area contributed by atoms with Crippen molar-refractivity contribution in [1.29, 1.82) is 0 Å². The van der Waals surface area contributed by atoms with Gasteiger partial charge in [-0.25, -0.2) is 4.39 Å². The van der Waals surface area contributed by atoms with Crippen LogP contribution in [0, 0.1) is 34.4 Å².